The van der Waals surface area contributed by atoms with Crippen LogP contribution in [0.15, 0.2) is 35.3 Å². The Morgan fingerprint density at radius 3 is 2.74 bits per heavy atom. The summed E-state index contributed by atoms with van der Waals surface area (Å²) >= 11 is 1.41. The Balaban J connectivity index is 1.51. The fraction of sp³-hybridized carbons (Fsp3) is 0.414. The molecule has 0 atom stereocenters. The SMILES string of the molecule is CCOC(=O)c1c(NC(=O)c2cc3c(=O)n4ccccc4nc3n(C3CCCCC3)c2=N)sc2c1CCCC2. The topological polar surface area (TPSA) is 119 Å². The van der Waals surface area contributed by atoms with Crippen molar-refractivity contribution >= 4 is 44.9 Å². The predicted octanol–water partition coefficient (Wildman–Crippen LogP) is 5.00. The number of nitrogens with zero attached hydrogens (tertiary/aromatic N) is 3. The molecule has 4 aromatic rings. The van der Waals surface area contributed by atoms with Gasteiger partial charge in [0.15, 0.2) is 0 Å². The van der Waals surface area contributed by atoms with E-state index in [9.17, 15) is 14.4 Å². The lowest BCUT2D eigenvalue weighted by molar-refractivity contribution is 0.0526. The number of hydrogen-bond donors (Lipinski definition) is 2. The number of hydrogen-bond acceptors (Lipinski definition) is 7. The Morgan fingerprint density at radius 2 is 1.95 bits per heavy atom. The van der Waals surface area contributed by atoms with Gasteiger partial charge in [-0.05, 0) is 69.2 Å². The maximum Gasteiger partial charge on any atom is 0.341 e. The van der Waals surface area contributed by atoms with Crippen molar-refractivity contribution in [1.29, 1.82) is 5.41 Å². The number of pyridine rings is 2. The molecule has 9 nitrogen and oxygen atoms in total. The van der Waals surface area contributed by atoms with Crippen LogP contribution in [0.2, 0.25) is 0 Å². The molecule has 2 aliphatic carbocycles. The first-order chi connectivity index (χ1) is 19.0. The molecule has 0 bridgehead atoms. The van der Waals surface area contributed by atoms with E-state index in [2.05, 4.69) is 5.32 Å². The highest BCUT2D eigenvalue weighted by Gasteiger charge is 2.29. The minimum absolute atomic E-state index is 0.0243. The second kappa shape index (κ2) is 10.4. The summed E-state index contributed by atoms with van der Waals surface area (Å²) in [4.78, 5) is 46.2. The second-order valence-electron chi connectivity index (χ2n) is 10.2. The number of thiophene rings is 1. The monoisotopic (exact) mass is 545 g/mol. The van der Waals surface area contributed by atoms with E-state index >= 15 is 0 Å². The van der Waals surface area contributed by atoms with E-state index in [-0.39, 0.29) is 29.3 Å². The molecule has 202 valence electrons. The summed E-state index contributed by atoms with van der Waals surface area (Å²) in [5.74, 6) is -0.962. The van der Waals surface area contributed by atoms with E-state index in [0.29, 0.717) is 27.2 Å². The smallest absolute Gasteiger partial charge is 0.341 e. The van der Waals surface area contributed by atoms with E-state index in [1.54, 1.807) is 29.8 Å². The lowest BCUT2D eigenvalue weighted by Crippen LogP contribution is -2.35. The van der Waals surface area contributed by atoms with Crippen molar-refractivity contribution in [2.24, 2.45) is 0 Å². The molecule has 0 spiro atoms. The molecular formula is C29H31N5O4S. The van der Waals surface area contributed by atoms with Crippen LogP contribution in [0.25, 0.3) is 16.7 Å². The maximum absolute atomic E-state index is 13.8. The molecule has 1 amide bonds. The number of aromatic nitrogens is 3. The standard InChI is InChI=1S/C29H31N5O4S/c1-2-38-29(37)23-18-12-6-7-13-21(18)39-27(23)32-26(35)19-16-20-25(31-22-14-8-9-15-33(22)28(20)36)34(24(19)30)17-10-4-3-5-11-17/h8-9,14-17,30H,2-7,10-13H2,1H3,(H,32,35). The van der Waals surface area contributed by atoms with Crippen LogP contribution in [-0.4, -0.2) is 32.4 Å². The van der Waals surface area contributed by atoms with Crippen LogP contribution in [-0.2, 0) is 17.6 Å². The summed E-state index contributed by atoms with van der Waals surface area (Å²) in [6.07, 6.45) is 10.2. The van der Waals surface area contributed by atoms with E-state index in [0.717, 1.165) is 68.2 Å². The van der Waals surface area contributed by atoms with Crippen LogP contribution < -0.4 is 16.4 Å². The molecule has 0 aromatic carbocycles. The number of amides is 1. The fourth-order valence-corrected chi connectivity index (χ4v) is 7.23. The Bertz CT molecular complexity index is 1730. The zero-order valence-corrected chi connectivity index (χ0v) is 22.7. The summed E-state index contributed by atoms with van der Waals surface area (Å²) in [6.45, 7) is 2.00. The Morgan fingerprint density at radius 1 is 1.15 bits per heavy atom. The largest absolute Gasteiger partial charge is 0.462 e. The van der Waals surface area contributed by atoms with Gasteiger partial charge in [-0.15, -0.1) is 11.3 Å². The first-order valence-corrected chi connectivity index (χ1v) is 14.5. The average molecular weight is 546 g/mol. The Kier molecular flexibility index (Phi) is 6.80. The number of carbonyl (C=O) groups is 2. The van der Waals surface area contributed by atoms with Gasteiger partial charge in [-0.1, -0.05) is 25.3 Å². The number of nitrogens with one attached hydrogen (secondary N) is 2. The molecule has 2 N–H and O–H groups in total. The Labute approximate surface area is 229 Å². The summed E-state index contributed by atoms with van der Waals surface area (Å²) in [6, 6.07) is 6.82. The minimum Gasteiger partial charge on any atom is -0.462 e. The third kappa shape index (κ3) is 4.46. The number of ether oxygens (including phenoxy) is 1. The molecule has 1 saturated carbocycles. The lowest BCUT2D eigenvalue weighted by Gasteiger charge is -2.26. The average Bonchev–Trinajstić information content (AvgIpc) is 3.31. The number of aryl methyl sites for hydroxylation is 1. The number of carbonyl (C=O) groups excluding carboxylic acids is 2. The molecule has 4 heterocycles. The summed E-state index contributed by atoms with van der Waals surface area (Å²) in [7, 11) is 0. The molecular weight excluding hydrogens is 514 g/mol. The zero-order valence-electron chi connectivity index (χ0n) is 21.9. The van der Waals surface area contributed by atoms with Crippen molar-refractivity contribution in [3.05, 3.63) is 67.9 Å². The van der Waals surface area contributed by atoms with E-state index in [1.165, 1.54) is 21.8 Å². The van der Waals surface area contributed by atoms with Gasteiger partial charge in [0.1, 0.15) is 21.8 Å². The van der Waals surface area contributed by atoms with Gasteiger partial charge in [0, 0.05) is 17.1 Å². The highest BCUT2D eigenvalue weighted by molar-refractivity contribution is 7.17. The highest BCUT2D eigenvalue weighted by atomic mass is 32.1. The highest BCUT2D eigenvalue weighted by Crippen LogP contribution is 2.39. The normalized spacial score (nSPS) is 15.8. The molecule has 2 aliphatic rings. The molecule has 4 aromatic heterocycles. The quantitative estimate of drug-likeness (QED) is 0.270. The second-order valence-corrected chi connectivity index (χ2v) is 11.3. The third-order valence-electron chi connectivity index (χ3n) is 7.82. The van der Waals surface area contributed by atoms with Crippen LogP contribution >= 0.6 is 11.3 Å². The number of fused-ring (bicyclic) bond motifs is 3. The van der Waals surface area contributed by atoms with Crippen molar-refractivity contribution in [2.75, 3.05) is 11.9 Å². The molecule has 0 aliphatic heterocycles. The summed E-state index contributed by atoms with van der Waals surface area (Å²) < 4.78 is 8.58. The molecule has 0 radical (unpaired) electrons. The first-order valence-electron chi connectivity index (χ1n) is 13.7. The van der Waals surface area contributed by atoms with Gasteiger partial charge in [0.2, 0.25) is 0 Å². The van der Waals surface area contributed by atoms with Crippen molar-refractivity contribution in [2.45, 2.75) is 70.8 Å². The van der Waals surface area contributed by atoms with Crippen LogP contribution in [0.5, 0.6) is 0 Å². The van der Waals surface area contributed by atoms with Crippen molar-refractivity contribution in [3.8, 4) is 0 Å². The molecule has 0 unspecified atom stereocenters. The van der Waals surface area contributed by atoms with Gasteiger partial charge in [-0.25, -0.2) is 9.78 Å². The van der Waals surface area contributed by atoms with Gasteiger partial charge >= 0.3 is 5.97 Å². The van der Waals surface area contributed by atoms with E-state index in [4.69, 9.17) is 15.1 Å². The summed E-state index contributed by atoms with van der Waals surface area (Å²) in [5.41, 5.74) is 2.13. The van der Waals surface area contributed by atoms with E-state index < -0.39 is 11.9 Å². The molecule has 6 rings (SSSR count). The molecule has 0 saturated heterocycles. The zero-order chi connectivity index (χ0) is 27.1. The van der Waals surface area contributed by atoms with E-state index in [1.807, 2.05) is 6.07 Å². The minimum atomic E-state index is -0.520. The van der Waals surface area contributed by atoms with Gasteiger partial charge in [0.25, 0.3) is 11.5 Å². The number of anilines is 1. The number of rotatable bonds is 5. The fourth-order valence-electron chi connectivity index (χ4n) is 5.96. The maximum atomic E-state index is 13.8. The molecule has 39 heavy (non-hydrogen) atoms. The van der Waals surface area contributed by atoms with Gasteiger partial charge < -0.3 is 14.6 Å². The van der Waals surface area contributed by atoms with Crippen LogP contribution in [0, 0.1) is 5.41 Å². The third-order valence-corrected chi connectivity index (χ3v) is 9.03. The van der Waals surface area contributed by atoms with Crippen LogP contribution in [0.1, 0.15) is 89.1 Å². The van der Waals surface area contributed by atoms with Crippen molar-refractivity contribution in [1.82, 2.24) is 14.0 Å². The van der Waals surface area contributed by atoms with Crippen molar-refractivity contribution in [3.63, 3.8) is 0 Å². The first kappa shape index (κ1) is 25.5. The van der Waals surface area contributed by atoms with Crippen LogP contribution in [0.4, 0.5) is 5.00 Å². The Hall–Kier alpha value is -3.79. The van der Waals surface area contributed by atoms with Gasteiger partial charge in [-0.3, -0.25) is 19.4 Å². The van der Waals surface area contributed by atoms with Gasteiger partial charge in [0.05, 0.1) is 23.1 Å². The van der Waals surface area contributed by atoms with Crippen LogP contribution in [0.3, 0.4) is 0 Å². The van der Waals surface area contributed by atoms with Crippen molar-refractivity contribution < 1.29 is 14.3 Å². The lowest BCUT2D eigenvalue weighted by atomic mass is 9.94. The predicted molar refractivity (Wildman–Crippen MR) is 150 cm³/mol. The number of esters is 1. The summed E-state index contributed by atoms with van der Waals surface area (Å²) in [5, 5.41) is 12.8. The van der Waals surface area contributed by atoms with Gasteiger partial charge in [-0.2, -0.15) is 0 Å². The molecule has 10 heteroatoms. The molecule has 1 fully saturated rings.